The third kappa shape index (κ3) is 3.38. The van der Waals surface area contributed by atoms with Crippen LogP contribution in [0.3, 0.4) is 0 Å². The van der Waals surface area contributed by atoms with Crippen molar-refractivity contribution in [2.24, 2.45) is 0 Å². The second-order valence-corrected chi connectivity index (χ2v) is 2.51. The predicted molar refractivity (Wildman–Crippen MR) is 43.6 cm³/mol. The molecule has 0 aliphatic rings. The Kier molecular flexibility index (Phi) is 3.38. The smallest absolute Gasteiger partial charge is 0.327 e. The van der Waals surface area contributed by atoms with Crippen molar-refractivity contribution in [1.29, 1.82) is 0 Å². The molecule has 1 aromatic rings. The third-order valence-corrected chi connectivity index (χ3v) is 1.32. The van der Waals surface area contributed by atoms with Gasteiger partial charge >= 0.3 is 5.97 Å². The van der Waals surface area contributed by atoms with Crippen LogP contribution in [-0.4, -0.2) is 28.8 Å². The SMILES string of the molecule is Nc1ccn(CC(=O)OCC(F)F)n1. The van der Waals surface area contributed by atoms with E-state index < -0.39 is 19.0 Å². The number of nitrogen functional groups attached to an aromatic ring is 1. The Morgan fingerprint density at radius 1 is 1.71 bits per heavy atom. The van der Waals surface area contributed by atoms with Gasteiger partial charge in [-0.05, 0) is 6.07 Å². The molecule has 0 atom stereocenters. The molecule has 0 fully saturated rings. The second kappa shape index (κ2) is 4.54. The predicted octanol–water partition coefficient (Wildman–Crippen LogP) is 0.274. The zero-order valence-corrected chi connectivity index (χ0v) is 7.19. The number of nitrogens with two attached hydrogens (primary N) is 1. The topological polar surface area (TPSA) is 70.1 Å². The molecule has 0 unspecified atom stereocenters. The summed E-state index contributed by atoms with van der Waals surface area (Å²) >= 11 is 0. The minimum Gasteiger partial charge on any atom is -0.458 e. The number of anilines is 1. The summed E-state index contributed by atoms with van der Waals surface area (Å²) in [6.07, 6.45) is -1.19. The Balaban J connectivity index is 2.34. The lowest BCUT2D eigenvalue weighted by molar-refractivity contribution is -0.148. The molecule has 0 saturated heterocycles. The van der Waals surface area contributed by atoms with Crippen molar-refractivity contribution in [3.05, 3.63) is 12.3 Å². The number of halogens is 2. The molecule has 1 rings (SSSR count). The number of carbonyl (C=O) groups excluding carboxylic acids is 1. The standard InChI is InChI=1S/C7H9F2N3O2/c8-5(9)4-14-7(13)3-12-2-1-6(10)11-12/h1-2,5H,3-4H2,(H2,10,11). The normalized spacial score (nSPS) is 10.5. The summed E-state index contributed by atoms with van der Waals surface area (Å²) in [6.45, 7) is -1.11. The zero-order valence-electron chi connectivity index (χ0n) is 7.19. The van der Waals surface area contributed by atoms with Crippen LogP contribution in [0.15, 0.2) is 12.3 Å². The minimum absolute atomic E-state index is 0.218. The first kappa shape index (κ1) is 10.4. The number of carbonyl (C=O) groups is 1. The summed E-state index contributed by atoms with van der Waals surface area (Å²) < 4.78 is 28.7. The maximum atomic E-state index is 11.6. The highest BCUT2D eigenvalue weighted by molar-refractivity contribution is 5.69. The molecule has 0 aromatic carbocycles. The van der Waals surface area contributed by atoms with E-state index in [1.807, 2.05) is 0 Å². The number of rotatable bonds is 4. The van der Waals surface area contributed by atoms with Crippen LogP contribution in [0, 0.1) is 0 Å². The van der Waals surface area contributed by atoms with Crippen molar-refractivity contribution >= 4 is 11.8 Å². The number of ether oxygens (including phenoxy) is 1. The number of alkyl halides is 2. The van der Waals surface area contributed by atoms with Gasteiger partial charge in [-0.1, -0.05) is 0 Å². The Morgan fingerprint density at radius 2 is 2.43 bits per heavy atom. The van der Waals surface area contributed by atoms with Crippen molar-refractivity contribution < 1.29 is 18.3 Å². The highest BCUT2D eigenvalue weighted by Crippen LogP contribution is 1.97. The Morgan fingerprint density at radius 3 is 2.93 bits per heavy atom. The molecular weight excluding hydrogens is 196 g/mol. The molecule has 0 aliphatic heterocycles. The maximum Gasteiger partial charge on any atom is 0.327 e. The molecule has 0 aliphatic carbocycles. The first-order chi connectivity index (χ1) is 6.58. The van der Waals surface area contributed by atoms with Crippen LogP contribution >= 0.6 is 0 Å². The van der Waals surface area contributed by atoms with E-state index in [4.69, 9.17) is 5.73 Å². The Bertz CT molecular complexity index is 314. The van der Waals surface area contributed by atoms with E-state index in [-0.39, 0.29) is 12.4 Å². The number of esters is 1. The molecule has 0 amide bonds. The molecule has 0 bridgehead atoms. The number of hydrogen-bond donors (Lipinski definition) is 1. The van der Waals surface area contributed by atoms with E-state index in [0.29, 0.717) is 0 Å². The summed E-state index contributed by atoms with van der Waals surface area (Å²) in [4.78, 5) is 10.9. The van der Waals surface area contributed by atoms with Gasteiger partial charge in [-0.15, -0.1) is 0 Å². The molecule has 0 radical (unpaired) electrons. The average Bonchev–Trinajstić information content (AvgIpc) is 2.48. The summed E-state index contributed by atoms with van der Waals surface area (Å²) in [6, 6.07) is 1.49. The number of aromatic nitrogens is 2. The average molecular weight is 205 g/mol. The van der Waals surface area contributed by atoms with E-state index in [9.17, 15) is 13.6 Å². The molecule has 5 nitrogen and oxygen atoms in total. The summed E-state index contributed by atoms with van der Waals surface area (Å²) in [5.41, 5.74) is 5.27. The van der Waals surface area contributed by atoms with Crippen molar-refractivity contribution in [3.8, 4) is 0 Å². The van der Waals surface area contributed by atoms with Crippen LogP contribution < -0.4 is 5.73 Å². The van der Waals surface area contributed by atoms with Crippen molar-refractivity contribution in [2.45, 2.75) is 13.0 Å². The van der Waals surface area contributed by atoms with Gasteiger partial charge in [0.25, 0.3) is 6.43 Å². The lowest BCUT2D eigenvalue weighted by Gasteiger charge is -2.03. The van der Waals surface area contributed by atoms with E-state index in [1.54, 1.807) is 0 Å². The van der Waals surface area contributed by atoms with Crippen molar-refractivity contribution in [3.63, 3.8) is 0 Å². The lowest BCUT2D eigenvalue weighted by Crippen LogP contribution is -2.17. The fourth-order valence-corrected chi connectivity index (χ4v) is 0.799. The second-order valence-electron chi connectivity index (χ2n) is 2.51. The highest BCUT2D eigenvalue weighted by Gasteiger charge is 2.09. The molecule has 0 spiro atoms. The highest BCUT2D eigenvalue weighted by atomic mass is 19.3. The van der Waals surface area contributed by atoms with Gasteiger partial charge < -0.3 is 10.5 Å². The first-order valence-electron chi connectivity index (χ1n) is 3.80. The molecule has 0 saturated carbocycles. The van der Waals surface area contributed by atoms with Gasteiger partial charge in [0.15, 0.2) is 6.61 Å². The molecule has 7 heteroatoms. The van der Waals surface area contributed by atoms with Crippen LogP contribution in [0.25, 0.3) is 0 Å². The third-order valence-electron chi connectivity index (χ3n) is 1.32. The first-order valence-corrected chi connectivity index (χ1v) is 3.80. The van der Waals surface area contributed by atoms with E-state index in [1.165, 1.54) is 16.9 Å². The Hall–Kier alpha value is -1.66. The lowest BCUT2D eigenvalue weighted by atomic mass is 10.6. The van der Waals surface area contributed by atoms with E-state index in [2.05, 4.69) is 9.84 Å². The van der Waals surface area contributed by atoms with Gasteiger partial charge in [-0.3, -0.25) is 9.48 Å². The number of nitrogens with zero attached hydrogens (tertiary/aromatic N) is 2. The molecule has 78 valence electrons. The van der Waals surface area contributed by atoms with Gasteiger partial charge in [-0.2, -0.15) is 5.10 Å². The summed E-state index contributed by atoms with van der Waals surface area (Å²) in [7, 11) is 0. The van der Waals surface area contributed by atoms with Gasteiger partial charge in [-0.25, -0.2) is 8.78 Å². The minimum atomic E-state index is -2.65. The van der Waals surface area contributed by atoms with Crippen LogP contribution in [0.2, 0.25) is 0 Å². The largest absolute Gasteiger partial charge is 0.458 e. The van der Waals surface area contributed by atoms with Gasteiger partial charge in [0, 0.05) is 6.20 Å². The van der Waals surface area contributed by atoms with Gasteiger partial charge in [0.05, 0.1) is 0 Å². The monoisotopic (exact) mass is 205 g/mol. The van der Waals surface area contributed by atoms with Crippen LogP contribution in [0.5, 0.6) is 0 Å². The maximum absolute atomic E-state index is 11.6. The van der Waals surface area contributed by atoms with E-state index >= 15 is 0 Å². The summed E-state index contributed by atoms with van der Waals surface area (Å²) in [5, 5.41) is 3.68. The van der Waals surface area contributed by atoms with Crippen LogP contribution in [0.1, 0.15) is 0 Å². The molecule has 1 heterocycles. The summed E-state index contributed by atoms with van der Waals surface area (Å²) in [5.74, 6) is -0.514. The quantitative estimate of drug-likeness (QED) is 0.716. The molecule has 1 aromatic heterocycles. The van der Waals surface area contributed by atoms with Gasteiger partial charge in [0.2, 0.25) is 0 Å². The van der Waals surface area contributed by atoms with Crippen molar-refractivity contribution in [1.82, 2.24) is 9.78 Å². The fraction of sp³-hybridized carbons (Fsp3) is 0.429. The van der Waals surface area contributed by atoms with Crippen LogP contribution in [-0.2, 0) is 16.1 Å². The molecule has 14 heavy (non-hydrogen) atoms. The van der Waals surface area contributed by atoms with Gasteiger partial charge in [0.1, 0.15) is 12.4 Å². The fourth-order valence-electron chi connectivity index (χ4n) is 0.799. The Labute approximate surface area is 78.4 Å². The zero-order chi connectivity index (χ0) is 10.6. The molecule has 2 N–H and O–H groups in total. The molecular formula is C7H9F2N3O2. The van der Waals surface area contributed by atoms with E-state index in [0.717, 1.165) is 0 Å². The number of hydrogen-bond acceptors (Lipinski definition) is 4. The van der Waals surface area contributed by atoms with Crippen LogP contribution in [0.4, 0.5) is 14.6 Å². The van der Waals surface area contributed by atoms with Crippen molar-refractivity contribution in [2.75, 3.05) is 12.3 Å².